The molecule has 0 unspecified atom stereocenters. The maximum absolute atomic E-state index is 13.6. The topological polar surface area (TPSA) is 20.2 Å². The lowest BCUT2D eigenvalue weighted by atomic mass is 9.87. The summed E-state index contributed by atoms with van der Waals surface area (Å²) in [5, 5.41) is 10.1. The van der Waals surface area contributed by atoms with Crippen LogP contribution in [0.3, 0.4) is 0 Å². The van der Waals surface area contributed by atoms with E-state index in [0.29, 0.717) is 12.8 Å². The van der Waals surface area contributed by atoms with E-state index in [-0.39, 0.29) is 11.1 Å². The lowest BCUT2D eigenvalue weighted by Gasteiger charge is -2.26. The number of hydrogen-bond donors (Lipinski definition) is 1. The van der Waals surface area contributed by atoms with Crippen molar-refractivity contribution < 1.29 is 13.9 Å². The summed E-state index contributed by atoms with van der Waals surface area (Å²) in [7, 11) is 0. The number of benzene rings is 1. The largest absolute Gasteiger partial charge is 0.385 e. The number of hydrogen-bond acceptors (Lipinski definition) is 1. The molecule has 1 aromatic rings. The van der Waals surface area contributed by atoms with Crippen molar-refractivity contribution in [1.29, 1.82) is 0 Å². The summed E-state index contributed by atoms with van der Waals surface area (Å²) in [5.41, 5.74) is -0.958. The van der Waals surface area contributed by atoms with Crippen LogP contribution in [-0.2, 0) is 5.60 Å². The third-order valence-electron chi connectivity index (χ3n) is 2.95. The van der Waals surface area contributed by atoms with Crippen LogP contribution in [0.25, 0.3) is 0 Å². The van der Waals surface area contributed by atoms with Gasteiger partial charge in [-0.3, -0.25) is 0 Å². The van der Waals surface area contributed by atoms with Crippen molar-refractivity contribution in [3.05, 3.63) is 34.9 Å². The highest BCUT2D eigenvalue weighted by Crippen LogP contribution is 2.32. The normalized spacial score (nSPS) is 11.9. The molecule has 1 N–H and O–H groups in total. The number of halogens is 2. The fourth-order valence-electron chi connectivity index (χ4n) is 1.64. The molecule has 0 heterocycles. The van der Waals surface area contributed by atoms with Gasteiger partial charge in [0, 0.05) is 5.56 Å². The molecule has 0 bridgehead atoms. The molecule has 3 heteroatoms. The molecular formula is C12H16F2O. The van der Waals surface area contributed by atoms with Gasteiger partial charge in [0.15, 0.2) is 11.6 Å². The Balaban J connectivity index is 3.32. The Kier molecular flexibility index (Phi) is 3.45. The van der Waals surface area contributed by atoms with Gasteiger partial charge in [-0.15, -0.1) is 0 Å². The van der Waals surface area contributed by atoms with Crippen LogP contribution >= 0.6 is 0 Å². The van der Waals surface area contributed by atoms with E-state index < -0.39 is 17.2 Å². The molecule has 0 aromatic heterocycles. The van der Waals surface area contributed by atoms with E-state index in [1.54, 1.807) is 13.8 Å². The highest BCUT2D eigenvalue weighted by atomic mass is 19.2. The first-order valence-electron chi connectivity index (χ1n) is 5.13. The minimum atomic E-state index is -1.27. The monoisotopic (exact) mass is 214 g/mol. The van der Waals surface area contributed by atoms with Gasteiger partial charge < -0.3 is 5.11 Å². The van der Waals surface area contributed by atoms with Crippen molar-refractivity contribution in [2.24, 2.45) is 0 Å². The summed E-state index contributed by atoms with van der Waals surface area (Å²) in [6.45, 7) is 5.00. The molecule has 1 aromatic carbocycles. The van der Waals surface area contributed by atoms with Gasteiger partial charge in [0.05, 0.1) is 5.60 Å². The molecule has 0 aliphatic carbocycles. The fourth-order valence-corrected chi connectivity index (χ4v) is 1.64. The molecule has 0 fully saturated rings. The Labute approximate surface area is 88.7 Å². The third kappa shape index (κ3) is 2.02. The Morgan fingerprint density at radius 3 is 2.13 bits per heavy atom. The minimum Gasteiger partial charge on any atom is -0.385 e. The van der Waals surface area contributed by atoms with Crippen LogP contribution in [0.5, 0.6) is 0 Å². The first-order chi connectivity index (χ1) is 6.96. The second-order valence-corrected chi connectivity index (χ2v) is 3.80. The zero-order chi connectivity index (χ0) is 11.6. The highest BCUT2D eigenvalue weighted by Gasteiger charge is 2.29. The third-order valence-corrected chi connectivity index (χ3v) is 2.95. The molecule has 1 rings (SSSR count). The van der Waals surface area contributed by atoms with Gasteiger partial charge in [0.1, 0.15) is 0 Å². The smallest absolute Gasteiger partial charge is 0.165 e. The van der Waals surface area contributed by atoms with Crippen molar-refractivity contribution >= 4 is 0 Å². The Morgan fingerprint density at radius 2 is 1.67 bits per heavy atom. The van der Waals surface area contributed by atoms with Crippen molar-refractivity contribution in [2.45, 2.75) is 39.2 Å². The van der Waals surface area contributed by atoms with Crippen LogP contribution < -0.4 is 0 Å². The molecule has 1 nitrogen and oxygen atoms in total. The number of aliphatic hydroxyl groups is 1. The Bertz CT molecular complexity index is 357. The average Bonchev–Trinajstić information content (AvgIpc) is 2.25. The van der Waals surface area contributed by atoms with E-state index in [2.05, 4.69) is 0 Å². The van der Waals surface area contributed by atoms with Gasteiger partial charge in [0.2, 0.25) is 0 Å². The van der Waals surface area contributed by atoms with Crippen LogP contribution in [-0.4, -0.2) is 5.11 Å². The molecule has 0 aliphatic rings. The summed E-state index contributed by atoms with van der Waals surface area (Å²) in [5.74, 6) is -1.80. The number of aryl methyl sites for hydroxylation is 1. The first kappa shape index (κ1) is 12.1. The molecule has 0 amide bonds. The van der Waals surface area contributed by atoms with Crippen molar-refractivity contribution in [2.75, 3.05) is 0 Å². The zero-order valence-corrected chi connectivity index (χ0v) is 9.27. The second-order valence-electron chi connectivity index (χ2n) is 3.80. The highest BCUT2D eigenvalue weighted by molar-refractivity contribution is 5.29. The van der Waals surface area contributed by atoms with Crippen molar-refractivity contribution in [3.63, 3.8) is 0 Å². The fraction of sp³-hybridized carbons (Fsp3) is 0.500. The van der Waals surface area contributed by atoms with Gasteiger partial charge >= 0.3 is 0 Å². The summed E-state index contributed by atoms with van der Waals surface area (Å²) < 4.78 is 26.9. The Morgan fingerprint density at radius 1 is 1.13 bits per heavy atom. The molecule has 0 saturated heterocycles. The molecule has 0 atom stereocenters. The van der Waals surface area contributed by atoms with E-state index in [9.17, 15) is 13.9 Å². The predicted molar refractivity (Wildman–Crippen MR) is 55.6 cm³/mol. The van der Waals surface area contributed by atoms with Gasteiger partial charge in [-0.1, -0.05) is 26.0 Å². The molecule has 0 spiro atoms. The standard InChI is InChI=1S/C12H16F2O/c1-4-12(15,5-2)9-7-6-8(3)10(13)11(9)14/h6-7,15H,4-5H2,1-3H3. The maximum Gasteiger partial charge on any atom is 0.165 e. The average molecular weight is 214 g/mol. The van der Waals surface area contributed by atoms with Crippen LogP contribution in [0.2, 0.25) is 0 Å². The molecule has 15 heavy (non-hydrogen) atoms. The van der Waals surface area contributed by atoms with Crippen LogP contribution in [0.15, 0.2) is 12.1 Å². The summed E-state index contributed by atoms with van der Waals surface area (Å²) in [6, 6.07) is 2.95. The molecule has 84 valence electrons. The van der Waals surface area contributed by atoms with Gasteiger partial charge in [-0.25, -0.2) is 8.78 Å². The molecule has 0 saturated carbocycles. The van der Waals surface area contributed by atoms with Crippen LogP contribution in [0.1, 0.15) is 37.8 Å². The zero-order valence-electron chi connectivity index (χ0n) is 9.27. The molecule has 0 aliphatic heterocycles. The summed E-state index contributed by atoms with van der Waals surface area (Å²) >= 11 is 0. The van der Waals surface area contributed by atoms with Crippen molar-refractivity contribution in [1.82, 2.24) is 0 Å². The SMILES string of the molecule is CCC(O)(CC)c1ccc(C)c(F)c1F. The van der Waals surface area contributed by atoms with Gasteiger partial charge in [-0.05, 0) is 25.3 Å². The molecular weight excluding hydrogens is 198 g/mol. The Hall–Kier alpha value is -0.960. The minimum absolute atomic E-state index is 0.0515. The maximum atomic E-state index is 13.6. The second kappa shape index (κ2) is 4.27. The van der Waals surface area contributed by atoms with Crippen LogP contribution in [0.4, 0.5) is 8.78 Å². The van der Waals surface area contributed by atoms with E-state index in [1.807, 2.05) is 0 Å². The molecule has 0 radical (unpaired) electrons. The quantitative estimate of drug-likeness (QED) is 0.818. The van der Waals surface area contributed by atoms with Crippen molar-refractivity contribution in [3.8, 4) is 0 Å². The van der Waals surface area contributed by atoms with E-state index in [4.69, 9.17) is 0 Å². The lowest BCUT2D eigenvalue weighted by Crippen LogP contribution is -2.25. The first-order valence-corrected chi connectivity index (χ1v) is 5.13. The summed E-state index contributed by atoms with van der Waals surface area (Å²) in [4.78, 5) is 0. The van der Waals surface area contributed by atoms with Gasteiger partial charge in [0.25, 0.3) is 0 Å². The van der Waals surface area contributed by atoms with Crippen LogP contribution in [0, 0.1) is 18.6 Å². The number of rotatable bonds is 3. The summed E-state index contributed by atoms with van der Waals surface area (Å²) in [6.07, 6.45) is 0.728. The van der Waals surface area contributed by atoms with Gasteiger partial charge in [-0.2, -0.15) is 0 Å². The lowest BCUT2D eigenvalue weighted by molar-refractivity contribution is 0.0242. The predicted octanol–water partition coefficient (Wildman–Crippen LogP) is 3.28. The van der Waals surface area contributed by atoms with E-state index in [1.165, 1.54) is 19.1 Å². The van der Waals surface area contributed by atoms with E-state index in [0.717, 1.165) is 0 Å². The van der Waals surface area contributed by atoms with E-state index >= 15 is 0 Å².